The molecule has 0 spiro atoms. The molecule has 12 heteroatoms. The van der Waals surface area contributed by atoms with Crippen LogP contribution in [0.3, 0.4) is 0 Å². The smallest absolute Gasteiger partial charge is 0.268 e. The van der Waals surface area contributed by atoms with Crippen LogP contribution in [0.1, 0.15) is 78.4 Å². The van der Waals surface area contributed by atoms with Crippen molar-refractivity contribution in [2.24, 2.45) is 0 Å². The SMILES string of the molecule is CC(C)(C)c1cc(Oc2[c-]c(-c3[c-]c(Oc4[c-]c(-[n+]5[c-]n(-c6ccccc6N6CCCC6)c6ccccc65)cc(C(C)(C)C)c4)ccn3)ncc2)[c-]c(-[n+]2[c-]n(-c3ccccc3N3CCCC3)c3ccccc32)c1.[Pt].[Pt]. The van der Waals surface area contributed by atoms with Crippen LogP contribution in [0.2, 0.25) is 0 Å². The quantitative estimate of drug-likeness (QED) is 0.0949. The minimum absolute atomic E-state index is 0. The van der Waals surface area contributed by atoms with E-state index in [1.165, 1.54) is 37.1 Å². The maximum Gasteiger partial charge on any atom is 0.268 e. The molecule has 6 aromatic carbocycles. The molecule has 4 aromatic heterocycles. The number of rotatable bonds is 11. The zero-order chi connectivity index (χ0) is 50.6. The van der Waals surface area contributed by atoms with Crippen molar-refractivity contribution in [2.45, 2.75) is 78.1 Å². The van der Waals surface area contributed by atoms with E-state index in [0.717, 1.165) is 82.1 Å². The van der Waals surface area contributed by atoms with Crippen LogP contribution >= 0.6 is 0 Å². The Kier molecular flexibility index (Phi) is 15.0. The predicted octanol–water partition coefficient (Wildman–Crippen LogP) is 12.8. The summed E-state index contributed by atoms with van der Waals surface area (Å²) < 4.78 is 21.9. The van der Waals surface area contributed by atoms with Crippen LogP contribution in [0.5, 0.6) is 23.0 Å². The van der Waals surface area contributed by atoms with Gasteiger partial charge in [0.15, 0.2) is 0 Å². The minimum atomic E-state index is -0.199. The summed E-state index contributed by atoms with van der Waals surface area (Å²) in [7, 11) is 0. The van der Waals surface area contributed by atoms with Crippen LogP contribution in [-0.2, 0) is 53.0 Å². The van der Waals surface area contributed by atoms with E-state index >= 15 is 0 Å². The van der Waals surface area contributed by atoms with Gasteiger partial charge in [-0.05, 0) is 84.5 Å². The number of pyridine rings is 2. The van der Waals surface area contributed by atoms with E-state index < -0.39 is 0 Å². The summed E-state index contributed by atoms with van der Waals surface area (Å²) in [6.45, 7) is 17.4. The van der Waals surface area contributed by atoms with Crippen molar-refractivity contribution >= 4 is 33.4 Å². The normalized spacial score (nSPS) is 13.8. The second-order valence-corrected chi connectivity index (χ2v) is 21.4. The Labute approximate surface area is 475 Å². The largest absolute Gasteiger partial charge is 0.511 e. The van der Waals surface area contributed by atoms with Gasteiger partial charge in [-0.15, -0.1) is 47.8 Å². The van der Waals surface area contributed by atoms with E-state index in [1.54, 1.807) is 24.5 Å². The molecule has 6 heterocycles. The summed E-state index contributed by atoms with van der Waals surface area (Å²) >= 11 is 0. The molecule has 2 saturated heterocycles. The molecule has 76 heavy (non-hydrogen) atoms. The molecule has 390 valence electrons. The third-order valence-corrected chi connectivity index (χ3v) is 14.1. The van der Waals surface area contributed by atoms with Crippen molar-refractivity contribution in [1.82, 2.24) is 19.1 Å². The number of para-hydroxylation sites is 8. The van der Waals surface area contributed by atoms with E-state index in [2.05, 4.69) is 238 Å². The predicted molar refractivity (Wildman–Crippen MR) is 291 cm³/mol. The van der Waals surface area contributed by atoms with Gasteiger partial charge in [-0.3, -0.25) is 9.13 Å². The third-order valence-electron chi connectivity index (χ3n) is 14.1. The van der Waals surface area contributed by atoms with Crippen LogP contribution in [0.25, 0.3) is 56.2 Å². The molecule has 0 N–H and O–H groups in total. The fourth-order valence-electron chi connectivity index (χ4n) is 10.2. The second-order valence-electron chi connectivity index (χ2n) is 21.4. The van der Waals surface area contributed by atoms with Gasteiger partial charge in [0.1, 0.15) is 0 Å². The molecule has 0 amide bonds. The Bertz CT molecular complexity index is 3470. The Morgan fingerprint density at radius 1 is 0.434 bits per heavy atom. The second kappa shape index (κ2) is 21.6. The zero-order valence-corrected chi connectivity index (χ0v) is 48.1. The van der Waals surface area contributed by atoms with Gasteiger partial charge in [-0.1, -0.05) is 114 Å². The van der Waals surface area contributed by atoms with E-state index in [1.807, 2.05) is 0 Å². The average molecular weight is 1360 g/mol. The molecule has 0 saturated carbocycles. The molecule has 0 radical (unpaired) electrons. The fraction of sp³-hybridized carbons (Fsp3) is 0.250. The average Bonchev–Trinajstić information content (AvgIpc) is 4.28. The first-order valence-corrected chi connectivity index (χ1v) is 25.8. The van der Waals surface area contributed by atoms with Gasteiger partial charge < -0.3 is 38.4 Å². The molecular weight excluding hydrogens is 1300 g/mol. The van der Waals surface area contributed by atoms with Crippen molar-refractivity contribution in [2.75, 3.05) is 36.0 Å². The minimum Gasteiger partial charge on any atom is -0.511 e. The van der Waals surface area contributed by atoms with E-state index in [0.29, 0.717) is 34.4 Å². The topological polar surface area (TPSA) is 68.3 Å². The van der Waals surface area contributed by atoms with Crippen LogP contribution < -0.4 is 28.4 Å². The number of fused-ring (bicyclic) bond motifs is 2. The molecule has 10 nitrogen and oxygen atoms in total. The van der Waals surface area contributed by atoms with Crippen molar-refractivity contribution in [3.05, 3.63) is 194 Å². The van der Waals surface area contributed by atoms with E-state index in [9.17, 15) is 0 Å². The van der Waals surface area contributed by atoms with Gasteiger partial charge in [-0.2, -0.15) is 35.4 Å². The number of nitrogens with zero attached hydrogens (tertiary/aromatic N) is 8. The van der Waals surface area contributed by atoms with Gasteiger partial charge in [0.05, 0.1) is 33.4 Å². The zero-order valence-electron chi connectivity index (χ0n) is 43.5. The number of imidazole rings is 2. The fourth-order valence-corrected chi connectivity index (χ4v) is 10.2. The van der Waals surface area contributed by atoms with E-state index in [-0.39, 0.29) is 53.0 Å². The van der Waals surface area contributed by atoms with Crippen LogP contribution in [0.15, 0.2) is 146 Å². The standard InChI is InChI=1S/C64H58N8O2.2Pt/c1-63(2,3)45-35-47(69-43-71(61-25-13-11-23-59(61)69)57-21-9-7-19-55(57)67-31-15-16-32-67)39-51(37-45)73-49-27-29-65-53(41-49)54-42-50(28-30-66-54)74-52-38-46(64(4,5)6)36-48(40-52)70-44-72(62-26-14-12-24-60(62)70)58-22-10-8-20-56(58)68-33-17-18-34-68;;/h7-14,19-30,35-38H,15-18,31-34H2,1-6H3;;/q-4;;. The molecule has 0 aliphatic carbocycles. The molecule has 2 aliphatic heterocycles. The summed E-state index contributed by atoms with van der Waals surface area (Å²) in [5.74, 6) is 2.02. The number of anilines is 2. The van der Waals surface area contributed by atoms with Crippen LogP contribution in [0, 0.1) is 36.9 Å². The summed E-state index contributed by atoms with van der Waals surface area (Å²) in [5, 5.41) is 0. The Morgan fingerprint density at radius 2 is 0.803 bits per heavy atom. The summed E-state index contributed by atoms with van der Waals surface area (Å²) in [4.78, 5) is 14.3. The van der Waals surface area contributed by atoms with Gasteiger partial charge in [-0.25, -0.2) is 0 Å². The van der Waals surface area contributed by atoms with Crippen molar-refractivity contribution in [3.8, 4) is 57.1 Å². The molecule has 2 aliphatic rings. The first kappa shape index (κ1) is 52.6. The molecular formula is C64H58N8O2Pt2-4. The number of ether oxygens (including phenoxy) is 2. The van der Waals surface area contributed by atoms with Crippen LogP contribution in [0.4, 0.5) is 11.4 Å². The number of hydrogen-bond donors (Lipinski definition) is 0. The Balaban J connectivity index is 0.00000328. The van der Waals surface area contributed by atoms with Crippen LogP contribution in [-0.4, -0.2) is 45.3 Å². The maximum absolute atomic E-state index is 6.67. The molecule has 12 rings (SSSR count). The summed E-state index contributed by atoms with van der Waals surface area (Å²) in [5.41, 5.74) is 13.1. The molecule has 2 fully saturated rings. The Hall–Kier alpha value is -6.86. The first-order valence-electron chi connectivity index (χ1n) is 25.8. The van der Waals surface area contributed by atoms with Gasteiger partial charge in [0.25, 0.3) is 12.7 Å². The maximum atomic E-state index is 6.67. The molecule has 0 bridgehead atoms. The molecule has 0 atom stereocenters. The van der Waals surface area contributed by atoms with Crippen molar-refractivity contribution in [3.63, 3.8) is 0 Å². The van der Waals surface area contributed by atoms with Gasteiger partial charge >= 0.3 is 0 Å². The summed E-state index contributed by atoms with van der Waals surface area (Å²) in [6.07, 6.45) is 15.6. The first-order chi connectivity index (χ1) is 35.9. The molecule has 0 unspecified atom stereocenters. The Morgan fingerprint density at radius 3 is 1.20 bits per heavy atom. The van der Waals surface area contributed by atoms with E-state index in [4.69, 9.17) is 9.47 Å². The third kappa shape index (κ3) is 10.5. The van der Waals surface area contributed by atoms with Gasteiger partial charge in [0.2, 0.25) is 0 Å². The number of aromatic nitrogens is 6. The van der Waals surface area contributed by atoms with Gasteiger partial charge in [0, 0.05) is 103 Å². The van der Waals surface area contributed by atoms with Crippen molar-refractivity contribution < 1.29 is 60.7 Å². The summed E-state index contributed by atoms with van der Waals surface area (Å²) in [6, 6.07) is 60.1. The number of hydrogen-bond acceptors (Lipinski definition) is 6. The molecule has 10 aromatic rings. The van der Waals surface area contributed by atoms with Crippen molar-refractivity contribution in [1.29, 1.82) is 0 Å². The monoisotopic (exact) mass is 1360 g/mol. The number of benzene rings is 6.